The molecule has 0 radical (unpaired) electrons. The number of hydroxylamine groups is 2. The Kier molecular flexibility index (Phi) is 3.42. The Bertz CT molecular complexity index is 425. The summed E-state index contributed by atoms with van der Waals surface area (Å²) in [6.07, 6.45) is -3.62. The summed E-state index contributed by atoms with van der Waals surface area (Å²) in [4.78, 5) is 16.6. The van der Waals surface area contributed by atoms with Gasteiger partial charge in [0.25, 0.3) is 0 Å². The fraction of sp³-hybridized carbons (Fsp3) is 0.364. The van der Waals surface area contributed by atoms with E-state index < -0.39 is 17.8 Å². The lowest BCUT2D eigenvalue weighted by Gasteiger charge is -2.15. The van der Waals surface area contributed by atoms with E-state index in [9.17, 15) is 18.0 Å². The summed E-state index contributed by atoms with van der Waals surface area (Å²) in [6.45, 7) is 0.951. The molecule has 0 atom stereocenters. The monoisotopic (exact) mass is 260 g/mol. The smallest absolute Gasteiger partial charge is 0.306 e. The largest absolute Gasteiger partial charge is 0.416 e. The standard InChI is InChI=1S/C11H11F3N2O2/c12-11(13,14)8-2-4-9(5-3-8)15-10(17)16-6-1-7-18-16/h2-5H,1,6-7H2,(H,15,17). The molecular formula is C11H11F3N2O2. The van der Waals surface area contributed by atoms with Crippen LogP contribution in [0.2, 0.25) is 0 Å². The van der Waals surface area contributed by atoms with Crippen molar-refractivity contribution in [2.75, 3.05) is 18.5 Å². The topological polar surface area (TPSA) is 41.6 Å². The zero-order valence-electron chi connectivity index (χ0n) is 9.33. The highest BCUT2D eigenvalue weighted by Crippen LogP contribution is 2.29. The Morgan fingerprint density at radius 3 is 2.44 bits per heavy atom. The Labute approximate surface area is 101 Å². The average Bonchev–Trinajstić information content (AvgIpc) is 2.82. The minimum Gasteiger partial charge on any atom is -0.306 e. The van der Waals surface area contributed by atoms with Gasteiger partial charge in [-0.25, -0.2) is 9.86 Å². The SMILES string of the molecule is O=C(Nc1ccc(C(F)(F)F)cc1)N1CCCO1. The number of amides is 2. The molecule has 0 spiro atoms. The molecule has 4 nitrogen and oxygen atoms in total. The number of nitrogens with one attached hydrogen (secondary N) is 1. The number of carbonyl (C=O) groups excluding carboxylic acids is 1. The normalized spacial score (nSPS) is 15.8. The minimum absolute atomic E-state index is 0.295. The second kappa shape index (κ2) is 4.85. The summed E-state index contributed by atoms with van der Waals surface area (Å²) in [5.41, 5.74) is -0.457. The van der Waals surface area contributed by atoms with Crippen LogP contribution < -0.4 is 5.32 Å². The maximum atomic E-state index is 12.3. The van der Waals surface area contributed by atoms with E-state index in [2.05, 4.69) is 5.32 Å². The molecule has 0 aromatic heterocycles. The number of nitrogens with zero attached hydrogens (tertiary/aromatic N) is 1. The van der Waals surface area contributed by atoms with Crippen molar-refractivity contribution in [3.05, 3.63) is 29.8 Å². The predicted molar refractivity (Wildman–Crippen MR) is 57.7 cm³/mol. The van der Waals surface area contributed by atoms with E-state index in [0.29, 0.717) is 18.8 Å². The Morgan fingerprint density at radius 1 is 1.28 bits per heavy atom. The van der Waals surface area contributed by atoms with E-state index in [-0.39, 0.29) is 0 Å². The van der Waals surface area contributed by atoms with E-state index in [1.54, 1.807) is 0 Å². The summed E-state index contributed by atoms with van der Waals surface area (Å²) in [6, 6.07) is 3.77. The third kappa shape index (κ3) is 2.92. The molecule has 1 aromatic carbocycles. The van der Waals surface area contributed by atoms with Crippen molar-refractivity contribution in [2.24, 2.45) is 0 Å². The molecule has 0 saturated carbocycles. The van der Waals surface area contributed by atoms with Gasteiger partial charge in [-0.1, -0.05) is 0 Å². The molecule has 1 heterocycles. The van der Waals surface area contributed by atoms with Crippen molar-refractivity contribution in [1.82, 2.24) is 5.06 Å². The van der Waals surface area contributed by atoms with Gasteiger partial charge in [-0.3, -0.25) is 4.84 Å². The lowest BCUT2D eigenvalue weighted by atomic mass is 10.2. The highest BCUT2D eigenvalue weighted by molar-refractivity contribution is 5.88. The van der Waals surface area contributed by atoms with Crippen LogP contribution in [0.4, 0.5) is 23.7 Å². The van der Waals surface area contributed by atoms with Crippen LogP contribution in [-0.2, 0) is 11.0 Å². The Balaban J connectivity index is 2.00. The van der Waals surface area contributed by atoms with Crippen LogP contribution in [0.3, 0.4) is 0 Å². The third-order valence-electron chi connectivity index (χ3n) is 2.44. The van der Waals surface area contributed by atoms with Gasteiger partial charge in [0.2, 0.25) is 0 Å². The molecule has 0 aliphatic carbocycles. The van der Waals surface area contributed by atoms with Crippen LogP contribution in [0, 0.1) is 0 Å². The van der Waals surface area contributed by atoms with Gasteiger partial charge < -0.3 is 5.32 Å². The van der Waals surface area contributed by atoms with Gasteiger partial charge in [-0.15, -0.1) is 0 Å². The number of hydrogen-bond donors (Lipinski definition) is 1. The fourth-order valence-corrected chi connectivity index (χ4v) is 1.54. The number of hydrogen-bond acceptors (Lipinski definition) is 2. The van der Waals surface area contributed by atoms with Crippen molar-refractivity contribution < 1.29 is 22.8 Å². The first-order valence-corrected chi connectivity index (χ1v) is 5.35. The second-order valence-corrected chi connectivity index (χ2v) is 3.79. The van der Waals surface area contributed by atoms with E-state index >= 15 is 0 Å². The number of benzene rings is 1. The molecule has 1 aliphatic heterocycles. The highest BCUT2D eigenvalue weighted by atomic mass is 19.4. The highest BCUT2D eigenvalue weighted by Gasteiger charge is 2.30. The number of alkyl halides is 3. The van der Waals surface area contributed by atoms with Crippen molar-refractivity contribution in [2.45, 2.75) is 12.6 Å². The molecule has 0 unspecified atom stereocenters. The summed E-state index contributed by atoms with van der Waals surface area (Å²) in [5, 5.41) is 3.61. The second-order valence-electron chi connectivity index (χ2n) is 3.79. The molecule has 1 fully saturated rings. The zero-order chi connectivity index (χ0) is 13.2. The summed E-state index contributed by atoms with van der Waals surface area (Å²) >= 11 is 0. The quantitative estimate of drug-likeness (QED) is 0.843. The molecule has 18 heavy (non-hydrogen) atoms. The van der Waals surface area contributed by atoms with Crippen LogP contribution >= 0.6 is 0 Å². The van der Waals surface area contributed by atoms with Crippen LogP contribution in [0.25, 0.3) is 0 Å². The lowest BCUT2D eigenvalue weighted by molar-refractivity contribution is -0.137. The number of carbonyl (C=O) groups is 1. The Morgan fingerprint density at radius 2 is 1.94 bits per heavy atom. The predicted octanol–water partition coefficient (Wildman–Crippen LogP) is 2.87. The summed E-state index contributed by atoms with van der Waals surface area (Å²) < 4.78 is 36.9. The Hall–Kier alpha value is -1.76. The van der Waals surface area contributed by atoms with Crippen LogP contribution in [-0.4, -0.2) is 24.2 Å². The maximum Gasteiger partial charge on any atom is 0.416 e. The number of urea groups is 1. The first kappa shape index (κ1) is 12.7. The summed E-state index contributed by atoms with van der Waals surface area (Å²) in [5.74, 6) is 0. The van der Waals surface area contributed by atoms with Gasteiger partial charge in [-0.2, -0.15) is 13.2 Å². The van der Waals surface area contributed by atoms with Crippen molar-refractivity contribution in [3.63, 3.8) is 0 Å². The minimum atomic E-state index is -4.37. The van der Waals surface area contributed by atoms with Crippen molar-refractivity contribution >= 4 is 11.7 Å². The van der Waals surface area contributed by atoms with Gasteiger partial charge in [-0.05, 0) is 30.7 Å². The van der Waals surface area contributed by atoms with Crippen LogP contribution in [0.5, 0.6) is 0 Å². The third-order valence-corrected chi connectivity index (χ3v) is 2.44. The molecule has 0 bridgehead atoms. The lowest BCUT2D eigenvalue weighted by Crippen LogP contribution is -2.31. The van der Waals surface area contributed by atoms with Crippen molar-refractivity contribution in [1.29, 1.82) is 0 Å². The molecule has 98 valence electrons. The molecule has 1 N–H and O–H groups in total. The van der Waals surface area contributed by atoms with E-state index in [1.807, 2.05) is 0 Å². The van der Waals surface area contributed by atoms with Crippen LogP contribution in [0.1, 0.15) is 12.0 Å². The van der Waals surface area contributed by atoms with E-state index in [1.165, 1.54) is 12.1 Å². The summed E-state index contributed by atoms with van der Waals surface area (Å²) in [7, 11) is 0. The van der Waals surface area contributed by atoms with E-state index in [4.69, 9.17) is 4.84 Å². The van der Waals surface area contributed by atoms with Gasteiger partial charge in [0.15, 0.2) is 0 Å². The van der Waals surface area contributed by atoms with Crippen LogP contribution in [0.15, 0.2) is 24.3 Å². The average molecular weight is 260 g/mol. The maximum absolute atomic E-state index is 12.3. The number of rotatable bonds is 1. The van der Waals surface area contributed by atoms with E-state index in [0.717, 1.165) is 23.6 Å². The fourth-order valence-electron chi connectivity index (χ4n) is 1.54. The zero-order valence-corrected chi connectivity index (χ0v) is 9.33. The first-order chi connectivity index (χ1) is 8.47. The molecule has 7 heteroatoms. The molecule has 2 amide bonds. The molecule has 1 aliphatic rings. The van der Waals surface area contributed by atoms with Gasteiger partial charge in [0.05, 0.1) is 18.7 Å². The molecular weight excluding hydrogens is 249 g/mol. The first-order valence-electron chi connectivity index (χ1n) is 5.35. The molecule has 2 rings (SSSR count). The van der Waals surface area contributed by atoms with Gasteiger partial charge >= 0.3 is 12.2 Å². The van der Waals surface area contributed by atoms with Crippen molar-refractivity contribution in [3.8, 4) is 0 Å². The molecule has 1 saturated heterocycles. The number of anilines is 1. The van der Waals surface area contributed by atoms with Gasteiger partial charge in [0.1, 0.15) is 0 Å². The number of halogens is 3. The molecule has 1 aromatic rings. The van der Waals surface area contributed by atoms with Gasteiger partial charge in [0, 0.05) is 5.69 Å².